The van der Waals surface area contributed by atoms with Gasteiger partial charge in [-0.05, 0) is 12.3 Å². The number of nitrogens with two attached hydrogens (primary N) is 1. The van der Waals surface area contributed by atoms with E-state index in [1.54, 1.807) is 0 Å². The molecule has 0 amide bonds. The number of aromatic amines is 1. The number of nitrogen functional groups attached to an aromatic ring is 1. The average Bonchev–Trinajstić information content (AvgIpc) is 2.32. The minimum Gasteiger partial charge on any atom is -0.476 e. The van der Waals surface area contributed by atoms with Gasteiger partial charge in [0, 0.05) is 0 Å². The predicted octanol–water partition coefficient (Wildman–Crippen LogP) is 0.889. The van der Waals surface area contributed by atoms with E-state index in [4.69, 9.17) is 10.8 Å². The fraction of sp³-hybridized carbons (Fsp3) is 0.500. The fourth-order valence-electron chi connectivity index (χ4n) is 1.11. The number of aromatic carboxylic acids is 1. The van der Waals surface area contributed by atoms with Crippen LogP contribution in [0.3, 0.4) is 0 Å². The summed E-state index contributed by atoms with van der Waals surface area (Å²) in [6.45, 7) is 4.06. The van der Waals surface area contributed by atoms with E-state index < -0.39 is 5.97 Å². The molecule has 0 spiro atoms. The van der Waals surface area contributed by atoms with Gasteiger partial charge in [0.2, 0.25) is 0 Å². The van der Waals surface area contributed by atoms with Crippen molar-refractivity contribution in [3.8, 4) is 0 Å². The highest BCUT2D eigenvalue weighted by Crippen LogP contribution is 2.16. The summed E-state index contributed by atoms with van der Waals surface area (Å²) in [4.78, 5) is 10.6. The van der Waals surface area contributed by atoms with Crippen LogP contribution in [0.5, 0.6) is 0 Å². The monoisotopic (exact) mass is 183 g/mol. The maximum atomic E-state index is 10.6. The first-order valence-electron chi connectivity index (χ1n) is 4.08. The minimum absolute atomic E-state index is 0.0874. The summed E-state index contributed by atoms with van der Waals surface area (Å²) in [6.07, 6.45) is 0.714. The van der Waals surface area contributed by atoms with Crippen LogP contribution in [0, 0.1) is 5.92 Å². The fourth-order valence-corrected chi connectivity index (χ4v) is 1.11. The maximum Gasteiger partial charge on any atom is 0.358 e. The van der Waals surface area contributed by atoms with E-state index in [1.165, 1.54) is 0 Å². The molecule has 0 aliphatic carbocycles. The highest BCUT2D eigenvalue weighted by molar-refractivity contribution is 5.91. The van der Waals surface area contributed by atoms with Crippen LogP contribution in [0.15, 0.2) is 0 Å². The number of rotatable bonds is 3. The van der Waals surface area contributed by atoms with Crippen LogP contribution in [0.2, 0.25) is 0 Å². The van der Waals surface area contributed by atoms with Crippen LogP contribution in [-0.4, -0.2) is 21.3 Å². The topological polar surface area (TPSA) is 92.0 Å². The van der Waals surface area contributed by atoms with E-state index in [1.807, 2.05) is 13.8 Å². The molecule has 0 bridgehead atoms. The van der Waals surface area contributed by atoms with E-state index in [2.05, 4.69) is 10.2 Å². The molecule has 72 valence electrons. The second-order valence-electron chi connectivity index (χ2n) is 3.37. The summed E-state index contributed by atoms with van der Waals surface area (Å²) in [5.74, 6) is -0.673. The number of nitrogens with one attached hydrogen (secondary N) is 1. The number of hydrogen-bond acceptors (Lipinski definition) is 3. The number of carbonyl (C=O) groups is 1. The van der Waals surface area contributed by atoms with E-state index in [9.17, 15) is 4.79 Å². The molecular formula is C8H13N3O2. The molecule has 4 N–H and O–H groups in total. The van der Waals surface area contributed by atoms with E-state index >= 15 is 0 Å². The van der Waals surface area contributed by atoms with Gasteiger partial charge in [-0.3, -0.25) is 5.10 Å². The van der Waals surface area contributed by atoms with Crippen molar-refractivity contribution in [3.05, 3.63) is 11.4 Å². The number of carboxylic acids is 1. The SMILES string of the molecule is CC(C)Cc1[nH]nc(C(=O)O)c1N. The van der Waals surface area contributed by atoms with Gasteiger partial charge in [0.25, 0.3) is 0 Å². The second kappa shape index (κ2) is 3.47. The lowest BCUT2D eigenvalue weighted by atomic mass is 10.1. The van der Waals surface area contributed by atoms with E-state index in [-0.39, 0.29) is 11.4 Å². The van der Waals surface area contributed by atoms with Crippen LogP contribution >= 0.6 is 0 Å². The van der Waals surface area contributed by atoms with Gasteiger partial charge in [0.05, 0.1) is 11.4 Å². The molecule has 0 saturated heterocycles. The molecule has 0 fully saturated rings. The van der Waals surface area contributed by atoms with Crippen molar-refractivity contribution in [2.45, 2.75) is 20.3 Å². The largest absolute Gasteiger partial charge is 0.476 e. The van der Waals surface area contributed by atoms with Gasteiger partial charge < -0.3 is 10.8 Å². The molecule has 13 heavy (non-hydrogen) atoms. The summed E-state index contributed by atoms with van der Waals surface area (Å²) in [5.41, 5.74) is 6.44. The normalized spacial score (nSPS) is 10.7. The molecule has 0 aliphatic heterocycles. The first-order valence-corrected chi connectivity index (χ1v) is 4.08. The molecule has 1 rings (SSSR count). The molecule has 1 aromatic heterocycles. The standard InChI is InChI=1S/C8H13N3O2/c1-4(2)3-5-6(9)7(8(12)13)11-10-5/h4H,3,9H2,1-2H3,(H,10,11)(H,12,13). The van der Waals surface area contributed by atoms with Crippen molar-refractivity contribution in [2.75, 3.05) is 5.73 Å². The number of hydrogen-bond donors (Lipinski definition) is 3. The number of nitrogens with zero attached hydrogens (tertiary/aromatic N) is 1. The molecule has 1 aromatic rings. The highest BCUT2D eigenvalue weighted by Gasteiger charge is 2.16. The number of H-pyrrole nitrogens is 1. The van der Waals surface area contributed by atoms with Crippen molar-refractivity contribution in [1.82, 2.24) is 10.2 Å². The molecule has 0 aliphatic rings. The van der Waals surface area contributed by atoms with Gasteiger partial charge in [-0.1, -0.05) is 13.8 Å². The lowest BCUT2D eigenvalue weighted by Crippen LogP contribution is -2.03. The van der Waals surface area contributed by atoms with Crippen LogP contribution in [-0.2, 0) is 6.42 Å². The van der Waals surface area contributed by atoms with Crippen molar-refractivity contribution in [3.63, 3.8) is 0 Å². The van der Waals surface area contributed by atoms with Gasteiger partial charge in [-0.2, -0.15) is 5.10 Å². The number of anilines is 1. The Hall–Kier alpha value is -1.52. The molecule has 1 heterocycles. The molecule has 0 unspecified atom stereocenters. The van der Waals surface area contributed by atoms with Crippen molar-refractivity contribution in [2.24, 2.45) is 5.92 Å². The van der Waals surface area contributed by atoms with E-state index in [0.717, 1.165) is 0 Å². The smallest absolute Gasteiger partial charge is 0.358 e. The lowest BCUT2D eigenvalue weighted by Gasteiger charge is -2.01. The third kappa shape index (κ3) is 1.99. The molecular weight excluding hydrogens is 170 g/mol. The second-order valence-corrected chi connectivity index (χ2v) is 3.37. The third-order valence-electron chi connectivity index (χ3n) is 1.70. The number of aromatic nitrogens is 2. The molecule has 5 nitrogen and oxygen atoms in total. The first kappa shape index (κ1) is 9.57. The molecule has 0 aromatic carbocycles. The Balaban J connectivity index is 2.93. The van der Waals surface area contributed by atoms with Gasteiger partial charge in [-0.25, -0.2) is 4.79 Å². The number of carboxylic acid groups (broad SMARTS) is 1. The molecule has 0 radical (unpaired) electrons. The van der Waals surface area contributed by atoms with Gasteiger partial charge in [-0.15, -0.1) is 0 Å². The Morgan fingerprint density at radius 1 is 1.69 bits per heavy atom. The predicted molar refractivity (Wildman–Crippen MR) is 48.5 cm³/mol. The zero-order valence-electron chi connectivity index (χ0n) is 7.66. The van der Waals surface area contributed by atoms with Crippen molar-refractivity contribution < 1.29 is 9.90 Å². The minimum atomic E-state index is -1.09. The van der Waals surface area contributed by atoms with Crippen LogP contribution < -0.4 is 5.73 Å². The molecule has 5 heteroatoms. The van der Waals surface area contributed by atoms with Crippen molar-refractivity contribution >= 4 is 11.7 Å². The summed E-state index contributed by atoms with van der Waals surface area (Å²) < 4.78 is 0. The van der Waals surface area contributed by atoms with E-state index in [0.29, 0.717) is 18.0 Å². The van der Waals surface area contributed by atoms with Gasteiger partial charge >= 0.3 is 5.97 Å². The Morgan fingerprint density at radius 2 is 2.31 bits per heavy atom. The summed E-state index contributed by atoms with van der Waals surface area (Å²) in [5, 5.41) is 14.9. The van der Waals surface area contributed by atoms with Crippen LogP contribution in [0.4, 0.5) is 5.69 Å². The van der Waals surface area contributed by atoms with Crippen LogP contribution in [0.25, 0.3) is 0 Å². The molecule has 0 saturated carbocycles. The van der Waals surface area contributed by atoms with Crippen LogP contribution in [0.1, 0.15) is 30.0 Å². The highest BCUT2D eigenvalue weighted by atomic mass is 16.4. The Morgan fingerprint density at radius 3 is 2.69 bits per heavy atom. The van der Waals surface area contributed by atoms with Crippen molar-refractivity contribution in [1.29, 1.82) is 0 Å². The quantitative estimate of drug-likeness (QED) is 0.648. The summed E-state index contributed by atoms with van der Waals surface area (Å²) in [6, 6.07) is 0. The maximum absolute atomic E-state index is 10.6. The average molecular weight is 183 g/mol. The Labute approximate surface area is 75.9 Å². The summed E-state index contributed by atoms with van der Waals surface area (Å²) >= 11 is 0. The third-order valence-corrected chi connectivity index (χ3v) is 1.70. The van der Waals surface area contributed by atoms with Gasteiger partial charge in [0.15, 0.2) is 5.69 Å². The molecule has 0 atom stereocenters. The van der Waals surface area contributed by atoms with Gasteiger partial charge in [0.1, 0.15) is 0 Å². The Bertz CT molecular complexity index is 317. The Kier molecular flexibility index (Phi) is 2.55. The zero-order valence-corrected chi connectivity index (χ0v) is 7.66. The lowest BCUT2D eigenvalue weighted by molar-refractivity contribution is 0.0691. The summed E-state index contributed by atoms with van der Waals surface area (Å²) in [7, 11) is 0. The zero-order chi connectivity index (χ0) is 10.0. The first-order chi connectivity index (χ1) is 6.02.